The summed E-state index contributed by atoms with van der Waals surface area (Å²) in [4.78, 5) is 30.9. The van der Waals surface area contributed by atoms with E-state index in [-0.39, 0.29) is 17.3 Å². The van der Waals surface area contributed by atoms with E-state index in [2.05, 4.69) is 15.6 Å². The molecule has 1 heterocycles. The molecule has 27 heavy (non-hydrogen) atoms. The van der Waals surface area contributed by atoms with Crippen LogP contribution in [0, 0.1) is 0 Å². The Bertz CT molecular complexity index is 811. The van der Waals surface area contributed by atoms with Crippen molar-refractivity contribution in [3.05, 3.63) is 52.8 Å². The lowest BCUT2D eigenvalue weighted by Crippen LogP contribution is -2.28. The zero-order valence-corrected chi connectivity index (χ0v) is 16.3. The molecule has 2 rings (SSSR count). The monoisotopic (exact) mass is 390 g/mol. The summed E-state index contributed by atoms with van der Waals surface area (Å²) in [6.07, 6.45) is 0.827. The maximum absolute atomic E-state index is 12.5. The van der Waals surface area contributed by atoms with Gasteiger partial charge in [0.15, 0.2) is 0 Å². The standard InChI is InChI=1S/C19H23ClN4O3/c1-24(2)11-5-10-21-18(25)14-6-4-7-15(22-14)19(26)23-16-12-13(20)8-9-17(16)27-3/h4,6-9,12H,5,10-11H2,1-3H3,(H,21,25)(H,23,26). The molecule has 1 aromatic carbocycles. The maximum atomic E-state index is 12.5. The third-order valence-corrected chi connectivity index (χ3v) is 3.93. The third kappa shape index (κ3) is 6.23. The average molecular weight is 391 g/mol. The quantitative estimate of drug-likeness (QED) is 0.677. The van der Waals surface area contributed by atoms with Gasteiger partial charge in [-0.15, -0.1) is 0 Å². The number of carbonyl (C=O) groups is 2. The Morgan fingerprint density at radius 1 is 1.15 bits per heavy atom. The molecule has 2 amide bonds. The Morgan fingerprint density at radius 3 is 2.52 bits per heavy atom. The van der Waals surface area contributed by atoms with E-state index >= 15 is 0 Å². The third-order valence-electron chi connectivity index (χ3n) is 3.69. The van der Waals surface area contributed by atoms with Crippen LogP contribution < -0.4 is 15.4 Å². The number of pyridine rings is 1. The number of nitrogens with zero attached hydrogens (tertiary/aromatic N) is 2. The summed E-state index contributed by atoms with van der Waals surface area (Å²) in [5.41, 5.74) is 0.735. The van der Waals surface area contributed by atoms with Crippen LogP contribution in [0.4, 0.5) is 5.69 Å². The molecule has 0 saturated carbocycles. The SMILES string of the molecule is COc1ccc(Cl)cc1NC(=O)c1cccc(C(=O)NCCCN(C)C)n1. The molecule has 0 bridgehead atoms. The first-order valence-corrected chi connectivity index (χ1v) is 8.83. The highest BCUT2D eigenvalue weighted by molar-refractivity contribution is 6.31. The molecule has 0 atom stereocenters. The zero-order valence-electron chi connectivity index (χ0n) is 15.6. The molecule has 2 aromatic rings. The fourth-order valence-corrected chi connectivity index (χ4v) is 2.51. The van der Waals surface area contributed by atoms with E-state index in [9.17, 15) is 9.59 Å². The molecule has 1 aromatic heterocycles. The Labute approximate surface area is 163 Å². The van der Waals surface area contributed by atoms with E-state index < -0.39 is 5.91 Å². The van der Waals surface area contributed by atoms with Crippen molar-refractivity contribution in [2.75, 3.05) is 39.6 Å². The molecular weight excluding hydrogens is 368 g/mol. The smallest absolute Gasteiger partial charge is 0.274 e. The molecule has 0 fully saturated rings. The summed E-state index contributed by atoms with van der Waals surface area (Å²) in [6.45, 7) is 1.41. The van der Waals surface area contributed by atoms with Crippen molar-refractivity contribution in [3.8, 4) is 5.75 Å². The van der Waals surface area contributed by atoms with Gasteiger partial charge in [0.1, 0.15) is 17.1 Å². The fourth-order valence-electron chi connectivity index (χ4n) is 2.34. The van der Waals surface area contributed by atoms with Gasteiger partial charge in [0, 0.05) is 11.6 Å². The lowest BCUT2D eigenvalue weighted by atomic mass is 10.2. The number of benzene rings is 1. The van der Waals surface area contributed by atoms with Crippen LogP contribution in [0.15, 0.2) is 36.4 Å². The second kappa shape index (κ2) is 9.89. The topological polar surface area (TPSA) is 83.6 Å². The number of hydrogen-bond donors (Lipinski definition) is 2. The summed E-state index contributed by atoms with van der Waals surface area (Å²) >= 11 is 5.97. The molecular formula is C19H23ClN4O3. The molecule has 8 heteroatoms. The molecule has 144 valence electrons. The van der Waals surface area contributed by atoms with Gasteiger partial charge in [0.2, 0.25) is 0 Å². The minimum Gasteiger partial charge on any atom is -0.495 e. The molecule has 0 aliphatic heterocycles. The Balaban J connectivity index is 2.05. The Hall–Kier alpha value is -2.64. The summed E-state index contributed by atoms with van der Waals surface area (Å²) in [7, 11) is 5.44. The van der Waals surface area contributed by atoms with Gasteiger partial charge in [-0.25, -0.2) is 4.98 Å². The highest BCUT2D eigenvalue weighted by Crippen LogP contribution is 2.27. The average Bonchev–Trinajstić information content (AvgIpc) is 2.65. The largest absolute Gasteiger partial charge is 0.495 e. The van der Waals surface area contributed by atoms with Gasteiger partial charge in [-0.1, -0.05) is 17.7 Å². The fraction of sp³-hybridized carbons (Fsp3) is 0.316. The van der Waals surface area contributed by atoms with Crippen LogP contribution >= 0.6 is 11.6 Å². The van der Waals surface area contributed by atoms with E-state index in [4.69, 9.17) is 16.3 Å². The molecule has 0 unspecified atom stereocenters. The minimum absolute atomic E-state index is 0.123. The van der Waals surface area contributed by atoms with Crippen molar-refractivity contribution in [2.45, 2.75) is 6.42 Å². The van der Waals surface area contributed by atoms with Crippen LogP contribution in [-0.2, 0) is 0 Å². The number of anilines is 1. The molecule has 2 N–H and O–H groups in total. The van der Waals surface area contributed by atoms with E-state index in [1.807, 2.05) is 19.0 Å². The van der Waals surface area contributed by atoms with Crippen molar-refractivity contribution in [1.82, 2.24) is 15.2 Å². The number of carbonyl (C=O) groups excluding carboxylic acids is 2. The van der Waals surface area contributed by atoms with Crippen LogP contribution in [0.5, 0.6) is 5.75 Å². The lowest BCUT2D eigenvalue weighted by Gasteiger charge is -2.11. The molecule has 0 radical (unpaired) electrons. The predicted octanol–water partition coefficient (Wildman–Crippen LogP) is 2.68. The predicted molar refractivity (Wildman–Crippen MR) is 106 cm³/mol. The Kier molecular flexibility index (Phi) is 7.57. The molecule has 7 nitrogen and oxygen atoms in total. The van der Waals surface area contributed by atoms with Crippen LogP contribution in [0.3, 0.4) is 0 Å². The Morgan fingerprint density at radius 2 is 1.85 bits per heavy atom. The van der Waals surface area contributed by atoms with E-state index in [0.29, 0.717) is 23.0 Å². The maximum Gasteiger partial charge on any atom is 0.274 e. The van der Waals surface area contributed by atoms with Gasteiger partial charge < -0.3 is 20.3 Å². The van der Waals surface area contributed by atoms with Gasteiger partial charge in [-0.2, -0.15) is 0 Å². The molecule has 0 spiro atoms. The zero-order chi connectivity index (χ0) is 19.8. The van der Waals surface area contributed by atoms with Gasteiger partial charge in [-0.3, -0.25) is 9.59 Å². The summed E-state index contributed by atoms with van der Waals surface area (Å²) < 4.78 is 5.21. The lowest BCUT2D eigenvalue weighted by molar-refractivity contribution is 0.0947. The first kappa shape index (κ1) is 20.7. The van der Waals surface area contributed by atoms with Gasteiger partial charge in [-0.05, 0) is 57.4 Å². The number of methoxy groups -OCH3 is 1. The van der Waals surface area contributed by atoms with Crippen molar-refractivity contribution < 1.29 is 14.3 Å². The van der Waals surface area contributed by atoms with Crippen LogP contribution in [0.2, 0.25) is 5.02 Å². The van der Waals surface area contributed by atoms with Gasteiger partial charge >= 0.3 is 0 Å². The highest BCUT2D eigenvalue weighted by atomic mass is 35.5. The van der Waals surface area contributed by atoms with Crippen LogP contribution in [0.25, 0.3) is 0 Å². The van der Waals surface area contributed by atoms with Crippen molar-refractivity contribution in [1.29, 1.82) is 0 Å². The number of amides is 2. The van der Waals surface area contributed by atoms with Gasteiger partial charge in [0.25, 0.3) is 11.8 Å². The van der Waals surface area contributed by atoms with Crippen molar-refractivity contribution >= 4 is 29.1 Å². The molecule has 0 aliphatic carbocycles. The van der Waals surface area contributed by atoms with Crippen molar-refractivity contribution in [2.24, 2.45) is 0 Å². The molecule has 0 saturated heterocycles. The first-order chi connectivity index (χ1) is 12.9. The molecule has 0 aliphatic rings. The van der Waals surface area contributed by atoms with Gasteiger partial charge in [0.05, 0.1) is 12.8 Å². The summed E-state index contributed by atoms with van der Waals surface area (Å²) in [5, 5.41) is 5.96. The van der Waals surface area contributed by atoms with E-state index in [1.54, 1.807) is 30.3 Å². The summed E-state index contributed by atoms with van der Waals surface area (Å²) in [5.74, 6) is -0.302. The number of nitrogens with one attached hydrogen (secondary N) is 2. The number of rotatable bonds is 8. The second-order valence-electron chi connectivity index (χ2n) is 6.12. The van der Waals surface area contributed by atoms with Crippen LogP contribution in [-0.4, -0.2) is 56.0 Å². The highest BCUT2D eigenvalue weighted by Gasteiger charge is 2.14. The van der Waals surface area contributed by atoms with E-state index in [0.717, 1.165) is 13.0 Å². The first-order valence-electron chi connectivity index (χ1n) is 8.45. The van der Waals surface area contributed by atoms with Crippen LogP contribution in [0.1, 0.15) is 27.4 Å². The number of hydrogen-bond acceptors (Lipinski definition) is 5. The summed E-state index contributed by atoms with van der Waals surface area (Å²) in [6, 6.07) is 9.62. The minimum atomic E-state index is -0.460. The number of ether oxygens (including phenoxy) is 1. The number of halogens is 1. The number of aromatic nitrogens is 1. The van der Waals surface area contributed by atoms with Crippen molar-refractivity contribution in [3.63, 3.8) is 0 Å². The normalized spacial score (nSPS) is 10.6. The van der Waals surface area contributed by atoms with E-state index in [1.165, 1.54) is 13.2 Å². The second-order valence-corrected chi connectivity index (χ2v) is 6.56.